The minimum Gasteiger partial charge on any atom is -0.355 e. The van der Waals surface area contributed by atoms with E-state index in [0.29, 0.717) is 25.9 Å². The monoisotopic (exact) mass is 485 g/mol. The number of fused-ring (bicyclic) bond motifs is 1. The van der Waals surface area contributed by atoms with Crippen LogP contribution < -0.4 is 5.32 Å². The SMILES string of the molecule is CCNC(=O)[C@H](CC)N(CCc1ccccc1)C(=O)CCCN1C(=O)c2ccccc2S1(=O)=O. The first-order chi connectivity index (χ1) is 16.3. The summed E-state index contributed by atoms with van der Waals surface area (Å²) in [5.41, 5.74) is 1.21. The molecule has 1 aliphatic rings. The Kier molecular flexibility index (Phi) is 8.44. The van der Waals surface area contributed by atoms with Crippen molar-refractivity contribution in [1.82, 2.24) is 14.5 Å². The lowest BCUT2D eigenvalue weighted by Gasteiger charge is -2.30. The number of likely N-dealkylation sites (N-methyl/N-ethyl adjacent to an activating group) is 1. The summed E-state index contributed by atoms with van der Waals surface area (Å²) >= 11 is 0. The summed E-state index contributed by atoms with van der Waals surface area (Å²) in [7, 11) is -3.91. The van der Waals surface area contributed by atoms with Crippen LogP contribution in [0.15, 0.2) is 59.5 Å². The van der Waals surface area contributed by atoms with Gasteiger partial charge in [-0.3, -0.25) is 14.4 Å². The van der Waals surface area contributed by atoms with Crippen LogP contribution >= 0.6 is 0 Å². The summed E-state index contributed by atoms with van der Waals surface area (Å²) < 4.78 is 26.3. The molecule has 0 spiro atoms. The maximum atomic E-state index is 13.2. The third-order valence-corrected chi connectivity index (χ3v) is 7.73. The minimum absolute atomic E-state index is 0.00176. The van der Waals surface area contributed by atoms with Gasteiger partial charge < -0.3 is 10.2 Å². The molecule has 0 unspecified atom stereocenters. The number of hydrogen-bond donors (Lipinski definition) is 1. The number of amides is 3. The first-order valence-corrected chi connectivity index (χ1v) is 13.0. The summed E-state index contributed by atoms with van der Waals surface area (Å²) in [6.07, 6.45) is 1.25. The Morgan fingerprint density at radius 1 is 1.03 bits per heavy atom. The van der Waals surface area contributed by atoms with Crippen molar-refractivity contribution in [3.05, 3.63) is 65.7 Å². The Hall–Kier alpha value is -3.20. The number of sulfonamides is 1. The minimum atomic E-state index is -3.91. The number of rotatable bonds is 11. The molecule has 0 aliphatic carbocycles. The summed E-state index contributed by atoms with van der Waals surface area (Å²) in [6, 6.07) is 15.2. The molecule has 0 bridgehead atoms. The zero-order valence-corrected chi connectivity index (χ0v) is 20.4. The average Bonchev–Trinajstić information content (AvgIpc) is 3.03. The highest BCUT2D eigenvalue weighted by Crippen LogP contribution is 2.30. The van der Waals surface area contributed by atoms with E-state index >= 15 is 0 Å². The van der Waals surface area contributed by atoms with Crippen molar-refractivity contribution < 1.29 is 22.8 Å². The van der Waals surface area contributed by atoms with Gasteiger partial charge in [0.25, 0.3) is 15.9 Å². The van der Waals surface area contributed by atoms with E-state index in [0.717, 1.165) is 9.87 Å². The van der Waals surface area contributed by atoms with Crippen LogP contribution in [0, 0.1) is 0 Å². The molecular formula is C25H31N3O5S. The first-order valence-electron chi connectivity index (χ1n) is 11.6. The van der Waals surface area contributed by atoms with Crippen LogP contribution in [0.2, 0.25) is 0 Å². The van der Waals surface area contributed by atoms with E-state index in [2.05, 4.69) is 5.32 Å². The predicted octanol–water partition coefficient (Wildman–Crippen LogP) is 2.60. The summed E-state index contributed by atoms with van der Waals surface area (Å²) in [5.74, 6) is -1.02. The van der Waals surface area contributed by atoms with E-state index in [1.54, 1.807) is 17.0 Å². The molecule has 3 amide bonds. The molecule has 9 heteroatoms. The molecule has 0 saturated heterocycles. The van der Waals surface area contributed by atoms with Gasteiger partial charge in [-0.25, -0.2) is 12.7 Å². The standard InChI is InChI=1S/C25H31N3O5S/c1-3-21(24(30)26-4-2)27(18-16-19-11-6-5-7-12-19)23(29)15-10-17-28-25(31)20-13-8-9-14-22(20)34(28,32)33/h5-9,11-14,21H,3-4,10,15-18H2,1-2H3,(H,26,30)/t21-/m0/s1. The average molecular weight is 486 g/mol. The van der Waals surface area contributed by atoms with E-state index in [4.69, 9.17) is 0 Å². The number of hydrogen-bond acceptors (Lipinski definition) is 5. The quantitative estimate of drug-likeness (QED) is 0.527. The molecule has 182 valence electrons. The molecule has 34 heavy (non-hydrogen) atoms. The molecule has 1 aliphatic heterocycles. The van der Waals surface area contributed by atoms with Gasteiger partial charge in [0.2, 0.25) is 11.8 Å². The second kappa shape index (κ2) is 11.3. The molecular weight excluding hydrogens is 454 g/mol. The van der Waals surface area contributed by atoms with Gasteiger partial charge in [0.15, 0.2) is 0 Å². The predicted molar refractivity (Wildman–Crippen MR) is 129 cm³/mol. The Bertz CT molecular complexity index is 1130. The van der Waals surface area contributed by atoms with Crippen LogP contribution in [0.4, 0.5) is 0 Å². The number of nitrogens with one attached hydrogen (secondary N) is 1. The number of benzene rings is 2. The van der Waals surface area contributed by atoms with E-state index in [-0.39, 0.29) is 41.7 Å². The van der Waals surface area contributed by atoms with Crippen molar-refractivity contribution in [3.63, 3.8) is 0 Å². The molecule has 0 radical (unpaired) electrons. The fraction of sp³-hybridized carbons (Fsp3) is 0.400. The molecule has 2 aromatic rings. The highest BCUT2D eigenvalue weighted by atomic mass is 32.2. The van der Waals surface area contributed by atoms with Gasteiger partial charge in [0, 0.05) is 26.1 Å². The van der Waals surface area contributed by atoms with E-state index < -0.39 is 22.0 Å². The van der Waals surface area contributed by atoms with E-state index in [1.807, 2.05) is 44.2 Å². The highest BCUT2D eigenvalue weighted by molar-refractivity contribution is 7.90. The molecule has 0 fully saturated rings. The van der Waals surface area contributed by atoms with Crippen LogP contribution in [0.5, 0.6) is 0 Å². The van der Waals surface area contributed by atoms with Crippen LogP contribution in [0.25, 0.3) is 0 Å². The van der Waals surface area contributed by atoms with Crippen LogP contribution in [-0.4, -0.2) is 61.0 Å². The van der Waals surface area contributed by atoms with Crippen molar-refractivity contribution in [3.8, 4) is 0 Å². The van der Waals surface area contributed by atoms with Crippen molar-refractivity contribution in [2.45, 2.75) is 50.5 Å². The smallest absolute Gasteiger partial charge is 0.269 e. The third-order valence-electron chi connectivity index (χ3n) is 5.89. The van der Waals surface area contributed by atoms with Crippen LogP contribution in [0.3, 0.4) is 0 Å². The maximum Gasteiger partial charge on any atom is 0.269 e. The molecule has 2 aromatic carbocycles. The lowest BCUT2D eigenvalue weighted by molar-refractivity contribution is -0.140. The van der Waals surface area contributed by atoms with E-state index in [9.17, 15) is 22.8 Å². The van der Waals surface area contributed by atoms with Gasteiger partial charge in [-0.2, -0.15) is 0 Å². The summed E-state index contributed by atoms with van der Waals surface area (Å²) in [4.78, 5) is 40.0. The van der Waals surface area contributed by atoms with Gasteiger partial charge >= 0.3 is 0 Å². The second-order valence-corrected chi connectivity index (χ2v) is 9.95. The van der Waals surface area contributed by atoms with Crippen molar-refractivity contribution in [2.24, 2.45) is 0 Å². The van der Waals surface area contributed by atoms with Gasteiger partial charge in [0.05, 0.1) is 5.56 Å². The number of nitrogens with zero attached hydrogens (tertiary/aromatic N) is 2. The summed E-state index contributed by atoms with van der Waals surface area (Å²) in [5, 5.41) is 2.79. The maximum absolute atomic E-state index is 13.2. The molecule has 0 saturated carbocycles. The van der Waals surface area contributed by atoms with Gasteiger partial charge in [-0.15, -0.1) is 0 Å². The fourth-order valence-corrected chi connectivity index (χ4v) is 5.76. The molecule has 1 atom stereocenters. The highest BCUT2D eigenvalue weighted by Gasteiger charge is 2.40. The first kappa shape index (κ1) is 25.4. The second-order valence-electron chi connectivity index (χ2n) is 8.12. The lowest BCUT2D eigenvalue weighted by atomic mass is 10.1. The zero-order chi connectivity index (χ0) is 24.7. The fourth-order valence-electron chi connectivity index (χ4n) is 4.16. The van der Waals surface area contributed by atoms with Crippen LogP contribution in [-0.2, 0) is 26.0 Å². The zero-order valence-electron chi connectivity index (χ0n) is 19.6. The molecule has 0 aromatic heterocycles. The third kappa shape index (κ3) is 5.47. The van der Waals surface area contributed by atoms with Gasteiger partial charge in [-0.05, 0) is 43.9 Å². The molecule has 8 nitrogen and oxygen atoms in total. The van der Waals surface area contributed by atoms with Crippen molar-refractivity contribution in [1.29, 1.82) is 0 Å². The van der Waals surface area contributed by atoms with Crippen molar-refractivity contribution >= 4 is 27.7 Å². The Morgan fingerprint density at radius 2 is 1.71 bits per heavy atom. The normalized spacial score (nSPS) is 15.0. The van der Waals surface area contributed by atoms with Crippen molar-refractivity contribution in [2.75, 3.05) is 19.6 Å². The molecule has 3 rings (SSSR count). The molecule has 1 N–H and O–H groups in total. The van der Waals surface area contributed by atoms with Gasteiger partial charge in [-0.1, -0.05) is 49.4 Å². The largest absolute Gasteiger partial charge is 0.355 e. The topological polar surface area (TPSA) is 104 Å². The Morgan fingerprint density at radius 3 is 2.35 bits per heavy atom. The lowest BCUT2D eigenvalue weighted by Crippen LogP contribution is -2.50. The van der Waals surface area contributed by atoms with Gasteiger partial charge in [0.1, 0.15) is 10.9 Å². The summed E-state index contributed by atoms with van der Waals surface area (Å²) in [6.45, 7) is 4.42. The molecule has 1 heterocycles. The Labute approximate surface area is 201 Å². The Balaban J connectivity index is 1.68. The van der Waals surface area contributed by atoms with Crippen LogP contribution in [0.1, 0.15) is 49.0 Å². The number of carbonyl (C=O) groups excluding carboxylic acids is 3. The van der Waals surface area contributed by atoms with E-state index in [1.165, 1.54) is 12.1 Å². The number of carbonyl (C=O) groups is 3.